The van der Waals surface area contributed by atoms with Gasteiger partial charge in [-0.1, -0.05) is 27.7 Å². The minimum atomic E-state index is -0.563. The number of carbonyl (C=O) groups excluding carboxylic acids is 2. The van der Waals surface area contributed by atoms with Crippen molar-refractivity contribution in [1.29, 1.82) is 0 Å². The second kappa shape index (κ2) is 6.95. The maximum Gasteiger partial charge on any atom is 0.226 e. The fourth-order valence-corrected chi connectivity index (χ4v) is 3.85. The van der Waals surface area contributed by atoms with Crippen molar-refractivity contribution in [2.75, 3.05) is 7.05 Å². The number of hydrogen-bond acceptors (Lipinski definition) is 3. The van der Waals surface area contributed by atoms with Gasteiger partial charge in [-0.2, -0.15) is 0 Å². The molecule has 0 saturated heterocycles. The Hall–Kier alpha value is -1.85. The Labute approximate surface area is 144 Å². The highest BCUT2D eigenvalue weighted by Gasteiger charge is 2.57. The van der Waals surface area contributed by atoms with Gasteiger partial charge < -0.3 is 15.2 Å². The van der Waals surface area contributed by atoms with Crippen molar-refractivity contribution >= 4 is 11.8 Å². The van der Waals surface area contributed by atoms with Crippen LogP contribution in [0.4, 0.5) is 0 Å². The highest BCUT2D eigenvalue weighted by atomic mass is 16.2. The van der Waals surface area contributed by atoms with Crippen molar-refractivity contribution in [2.45, 2.75) is 60.0 Å². The zero-order chi connectivity index (χ0) is 18.0. The topological polar surface area (TPSA) is 76.0 Å². The van der Waals surface area contributed by atoms with Gasteiger partial charge >= 0.3 is 0 Å². The van der Waals surface area contributed by atoms with Crippen LogP contribution >= 0.6 is 0 Å². The molecule has 1 fully saturated rings. The van der Waals surface area contributed by atoms with Gasteiger partial charge in [0.05, 0.1) is 12.0 Å². The molecule has 2 amide bonds. The van der Waals surface area contributed by atoms with E-state index in [1.54, 1.807) is 13.2 Å². The number of aryl methyl sites for hydroxylation is 1. The van der Waals surface area contributed by atoms with Crippen molar-refractivity contribution in [2.24, 2.45) is 16.7 Å². The van der Waals surface area contributed by atoms with Crippen molar-refractivity contribution in [3.8, 4) is 0 Å². The molecule has 6 heteroatoms. The predicted molar refractivity (Wildman–Crippen MR) is 93.0 cm³/mol. The number of imidazole rings is 1. The normalized spacial score (nSPS) is 25.5. The standard InChI is InChI=1S/C18H30N4O2/c1-6-10-22-11-9-20-14(22)12-21-16(24)18(4)8-7-13(15(23)19-5)17(18,2)3/h9,11,13H,6-8,10,12H2,1-5H3,(H,19,23)(H,21,24)/t13-,18+/m1/s1. The summed E-state index contributed by atoms with van der Waals surface area (Å²) in [5.41, 5.74) is -0.956. The average molecular weight is 334 g/mol. The van der Waals surface area contributed by atoms with Crippen LogP contribution < -0.4 is 10.6 Å². The third kappa shape index (κ3) is 3.06. The minimum absolute atomic E-state index is 0.00458. The van der Waals surface area contributed by atoms with E-state index in [1.165, 1.54) is 0 Å². The van der Waals surface area contributed by atoms with Gasteiger partial charge in [0.15, 0.2) is 0 Å². The summed E-state index contributed by atoms with van der Waals surface area (Å²) in [5, 5.41) is 5.78. The van der Waals surface area contributed by atoms with E-state index in [4.69, 9.17) is 0 Å². The second-order valence-electron chi connectivity index (χ2n) is 7.48. The molecule has 1 aromatic rings. The molecule has 0 aromatic carbocycles. The summed E-state index contributed by atoms with van der Waals surface area (Å²) in [6.45, 7) is 9.46. The number of carbonyl (C=O) groups is 2. The van der Waals surface area contributed by atoms with E-state index in [1.807, 2.05) is 27.0 Å². The van der Waals surface area contributed by atoms with Crippen LogP contribution in [0.3, 0.4) is 0 Å². The summed E-state index contributed by atoms with van der Waals surface area (Å²) in [4.78, 5) is 29.4. The van der Waals surface area contributed by atoms with E-state index in [0.717, 1.165) is 25.2 Å². The molecule has 2 N–H and O–H groups in total. The van der Waals surface area contributed by atoms with Crippen LogP contribution in [0.1, 0.15) is 52.8 Å². The van der Waals surface area contributed by atoms with E-state index < -0.39 is 10.8 Å². The van der Waals surface area contributed by atoms with Gasteiger partial charge in [-0.25, -0.2) is 4.98 Å². The van der Waals surface area contributed by atoms with Crippen LogP contribution in [0.15, 0.2) is 12.4 Å². The highest BCUT2D eigenvalue weighted by Crippen LogP contribution is 2.56. The summed E-state index contributed by atoms with van der Waals surface area (Å²) in [7, 11) is 1.65. The van der Waals surface area contributed by atoms with Crippen molar-refractivity contribution in [3.05, 3.63) is 18.2 Å². The Morgan fingerprint density at radius 3 is 2.71 bits per heavy atom. The van der Waals surface area contributed by atoms with Crippen molar-refractivity contribution in [3.63, 3.8) is 0 Å². The molecular formula is C18H30N4O2. The van der Waals surface area contributed by atoms with E-state index in [0.29, 0.717) is 13.0 Å². The molecule has 0 radical (unpaired) electrons. The maximum absolute atomic E-state index is 12.9. The number of nitrogens with one attached hydrogen (secondary N) is 2. The summed E-state index contributed by atoms with van der Waals surface area (Å²) >= 11 is 0. The molecule has 0 spiro atoms. The predicted octanol–water partition coefficient (Wildman–Crippen LogP) is 2.10. The average Bonchev–Trinajstić information content (AvgIpc) is 3.08. The maximum atomic E-state index is 12.9. The quantitative estimate of drug-likeness (QED) is 0.836. The third-order valence-corrected chi connectivity index (χ3v) is 5.96. The lowest BCUT2D eigenvalue weighted by atomic mass is 9.65. The zero-order valence-electron chi connectivity index (χ0n) is 15.5. The number of rotatable bonds is 6. The van der Waals surface area contributed by atoms with E-state index in [-0.39, 0.29) is 17.7 Å². The summed E-state index contributed by atoms with van der Waals surface area (Å²) in [5.74, 6) is 0.757. The van der Waals surface area contributed by atoms with E-state index in [9.17, 15) is 9.59 Å². The van der Waals surface area contributed by atoms with Crippen LogP contribution in [-0.4, -0.2) is 28.4 Å². The minimum Gasteiger partial charge on any atom is -0.359 e. The molecule has 1 aromatic heterocycles. The van der Waals surface area contributed by atoms with Gasteiger partial charge in [-0.3, -0.25) is 9.59 Å². The Balaban J connectivity index is 2.08. The zero-order valence-corrected chi connectivity index (χ0v) is 15.5. The lowest BCUT2D eigenvalue weighted by molar-refractivity contribution is -0.139. The molecule has 6 nitrogen and oxygen atoms in total. The molecule has 0 bridgehead atoms. The molecule has 24 heavy (non-hydrogen) atoms. The lowest BCUT2D eigenvalue weighted by Crippen LogP contribution is -2.49. The van der Waals surface area contributed by atoms with Crippen LogP contribution in [0, 0.1) is 16.7 Å². The van der Waals surface area contributed by atoms with Gasteiger partial charge in [-0.15, -0.1) is 0 Å². The number of nitrogens with zero attached hydrogens (tertiary/aromatic N) is 2. The molecule has 1 heterocycles. The monoisotopic (exact) mass is 334 g/mol. The first-order valence-corrected chi connectivity index (χ1v) is 8.77. The van der Waals surface area contributed by atoms with Gasteiger partial charge in [0.25, 0.3) is 0 Å². The van der Waals surface area contributed by atoms with E-state index in [2.05, 4.69) is 27.1 Å². The third-order valence-electron chi connectivity index (χ3n) is 5.96. The molecule has 1 aliphatic carbocycles. The molecular weight excluding hydrogens is 304 g/mol. The largest absolute Gasteiger partial charge is 0.359 e. The van der Waals surface area contributed by atoms with Gasteiger partial charge in [0.2, 0.25) is 11.8 Å². The molecule has 2 rings (SSSR count). The van der Waals surface area contributed by atoms with Crippen molar-refractivity contribution < 1.29 is 9.59 Å². The molecule has 2 atom stereocenters. The van der Waals surface area contributed by atoms with Crippen LogP contribution in [0.2, 0.25) is 0 Å². The number of amides is 2. The number of hydrogen-bond donors (Lipinski definition) is 2. The number of aromatic nitrogens is 2. The van der Waals surface area contributed by atoms with Crippen LogP contribution in [0.5, 0.6) is 0 Å². The molecule has 134 valence electrons. The summed E-state index contributed by atoms with van der Waals surface area (Å²) in [6.07, 6.45) is 6.18. The highest BCUT2D eigenvalue weighted by molar-refractivity contribution is 5.87. The van der Waals surface area contributed by atoms with Crippen molar-refractivity contribution in [1.82, 2.24) is 20.2 Å². The Kier molecular flexibility index (Phi) is 5.35. The molecule has 1 saturated carbocycles. The lowest BCUT2D eigenvalue weighted by Gasteiger charge is -2.39. The first-order valence-electron chi connectivity index (χ1n) is 8.77. The molecule has 0 unspecified atom stereocenters. The Morgan fingerprint density at radius 2 is 2.08 bits per heavy atom. The first-order chi connectivity index (χ1) is 11.3. The molecule has 1 aliphatic rings. The Bertz CT molecular complexity index is 608. The van der Waals surface area contributed by atoms with Crippen LogP contribution in [0.25, 0.3) is 0 Å². The van der Waals surface area contributed by atoms with Gasteiger partial charge in [-0.05, 0) is 24.7 Å². The SMILES string of the molecule is CCCn1ccnc1CNC(=O)[C@]1(C)CC[C@H](C(=O)NC)C1(C)C. The Morgan fingerprint density at radius 1 is 1.38 bits per heavy atom. The summed E-state index contributed by atoms with van der Waals surface area (Å²) < 4.78 is 2.07. The summed E-state index contributed by atoms with van der Waals surface area (Å²) in [6, 6.07) is 0. The van der Waals surface area contributed by atoms with Crippen LogP contribution in [-0.2, 0) is 22.7 Å². The first kappa shape index (κ1) is 18.5. The molecule has 0 aliphatic heterocycles. The van der Waals surface area contributed by atoms with Gasteiger partial charge in [0.1, 0.15) is 5.82 Å². The fourth-order valence-electron chi connectivity index (χ4n) is 3.85. The van der Waals surface area contributed by atoms with Gasteiger partial charge in [0, 0.05) is 31.9 Å². The second-order valence-corrected chi connectivity index (χ2v) is 7.48. The van der Waals surface area contributed by atoms with E-state index >= 15 is 0 Å². The smallest absolute Gasteiger partial charge is 0.226 e. The fraction of sp³-hybridized carbons (Fsp3) is 0.722.